The number of nitrogens with one attached hydrogen (secondary N) is 1. The van der Waals surface area contributed by atoms with Crippen LogP contribution in [0.5, 0.6) is 0 Å². The van der Waals surface area contributed by atoms with Crippen LogP contribution >= 0.6 is 0 Å². The van der Waals surface area contributed by atoms with Crippen molar-refractivity contribution in [2.45, 2.75) is 12.8 Å². The Morgan fingerprint density at radius 3 is 2.54 bits per heavy atom. The van der Waals surface area contributed by atoms with Gasteiger partial charge in [0.25, 0.3) is 0 Å². The third-order valence-corrected chi connectivity index (χ3v) is 1.72. The molecule has 4 heteroatoms. The van der Waals surface area contributed by atoms with Gasteiger partial charge in [0.1, 0.15) is 6.29 Å². The normalized spacial score (nSPS) is 14.2. The van der Waals surface area contributed by atoms with Crippen molar-refractivity contribution in [3.63, 3.8) is 0 Å². The summed E-state index contributed by atoms with van der Waals surface area (Å²) in [4.78, 5) is 20.7. The number of hydrogen-bond donors (Lipinski definition) is 2. The molecule has 2 unspecified atom stereocenters. The minimum absolute atomic E-state index is 0.179. The Labute approximate surface area is 76.8 Å². The van der Waals surface area contributed by atoms with Crippen LogP contribution in [0.25, 0.3) is 0 Å². The molecular weight excluding hydrogens is 170 g/mol. The number of aldehydes is 1. The predicted molar refractivity (Wildman–Crippen MR) is 48.9 cm³/mol. The highest BCUT2D eigenvalue weighted by Gasteiger charge is 2.15. The van der Waals surface area contributed by atoms with E-state index in [1.54, 1.807) is 0 Å². The third-order valence-electron chi connectivity index (χ3n) is 1.72. The maximum absolute atomic E-state index is 10.4. The van der Waals surface area contributed by atoms with Gasteiger partial charge in [-0.3, -0.25) is 4.79 Å². The van der Waals surface area contributed by atoms with Crippen molar-refractivity contribution in [2.24, 2.45) is 11.8 Å². The van der Waals surface area contributed by atoms with E-state index in [1.807, 2.05) is 0 Å². The van der Waals surface area contributed by atoms with E-state index in [0.29, 0.717) is 12.7 Å². The highest BCUT2D eigenvalue weighted by atomic mass is 16.4. The Morgan fingerprint density at radius 2 is 2.23 bits per heavy atom. The zero-order chi connectivity index (χ0) is 10.3. The van der Waals surface area contributed by atoms with Crippen molar-refractivity contribution in [2.75, 3.05) is 0 Å². The zero-order valence-electron chi connectivity index (χ0n) is 7.27. The molecule has 0 aliphatic heterocycles. The van der Waals surface area contributed by atoms with Gasteiger partial charge in [-0.1, -0.05) is 6.08 Å². The second kappa shape index (κ2) is 6.11. The SMILES string of the molecule is C=CC(C=N)CC(C=O)CC(=O)O. The van der Waals surface area contributed by atoms with Crippen LogP contribution in [0.3, 0.4) is 0 Å². The lowest BCUT2D eigenvalue weighted by Crippen LogP contribution is -2.13. The molecule has 0 aliphatic carbocycles. The first-order valence-electron chi connectivity index (χ1n) is 3.94. The lowest BCUT2D eigenvalue weighted by Gasteiger charge is -2.10. The van der Waals surface area contributed by atoms with Gasteiger partial charge in [-0.05, 0) is 6.42 Å². The standard InChI is InChI=1S/C9H13NO3/c1-2-7(5-10)3-8(6-11)4-9(12)13/h2,5-8,10H,1,3-4H2,(H,12,13). The summed E-state index contributed by atoms with van der Waals surface area (Å²) in [5.74, 6) is -1.73. The van der Waals surface area contributed by atoms with Gasteiger partial charge < -0.3 is 15.3 Å². The first-order valence-corrected chi connectivity index (χ1v) is 3.94. The molecule has 0 rings (SSSR count). The van der Waals surface area contributed by atoms with Crippen LogP contribution in [-0.2, 0) is 9.59 Å². The third kappa shape index (κ3) is 4.90. The van der Waals surface area contributed by atoms with Gasteiger partial charge in [0.2, 0.25) is 0 Å². The summed E-state index contributed by atoms with van der Waals surface area (Å²) >= 11 is 0. The Hall–Kier alpha value is -1.45. The fourth-order valence-electron chi connectivity index (χ4n) is 0.993. The molecule has 2 N–H and O–H groups in total. The molecule has 0 amide bonds. The molecule has 0 fully saturated rings. The highest BCUT2D eigenvalue weighted by Crippen LogP contribution is 2.13. The topological polar surface area (TPSA) is 78.2 Å². The van der Waals surface area contributed by atoms with Crippen LogP contribution < -0.4 is 0 Å². The van der Waals surface area contributed by atoms with Crippen molar-refractivity contribution in [3.8, 4) is 0 Å². The van der Waals surface area contributed by atoms with E-state index >= 15 is 0 Å². The second-order valence-electron chi connectivity index (χ2n) is 2.80. The number of rotatable bonds is 7. The fourth-order valence-corrected chi connectivity index (χ4v) is 0.993. The second-order valence-corrected chi connectivity index (χ2v) is 2.80. The van der Waals surface area contributed by atoms with E-state index in [0.717, 1.165) is 6.21 Å². The molecule has 0 spiro atoms. The van der Waals surface area contributed by atoms with Crippen LogP contribution in [-0.4, -0.2) is 23.6 Å². The molecular formula is C9H13NO3. The summed E-state index contributed by atoms with van der Waals surface area (Å²) in [7, 11) is 0. The average molecular weight is 183 g/mol. The molecule has 72 valence electrons. The molecule has 2 atom stereocenters. The van der Waals surface area contributed by atoms with E-state index in [4.69, 9.17) is 10.5 Å². The smallest absolute Gasteiger partial charge is 0.304 e. The summed E-state index contributed by atoms with van der Waals surface area (Å²) < 4.78 is 0. The molecule has 0 aromatic heterocycles. The number of carbonyl (C=O) groups excluding carboxylic acids is 1. The predicted octanol–water partition coefficient (Wildman–Crippen LogP) is 1.12. The number of carboxylic acid groups (broad SMARTS) is 1. The quantitative estimate of drug-likeness (QED) is 0.352. The molecule has 13 heavy (non-hydrogen) atoms. The molecule has 4 nitrogen and oxygen atoms in total. The number of carbonyl (C=O) groups is 2. The molecule has 0 saturated heterocycles. The van der Waals surface area contributed by atoms with Gasteiger partial charge >= 0.3 is 5.97 Å². The lowest BCUT2D eigenvalue weighted by atomic mass is 9.94. The van der Waals surface area contributed by atoms with Gasteiger partial charge in [0.05, 0.1) is 6.42 Å². The van der Waals surface area contributed by atoms with Crippen molar-refractivity contribution in [1.29, 1.82) is 5.41 Å². The molecule has 0 aromatic carbocycles. The lowest BCUT2D eigenvalue weighted by molar-refractivity contribution is -0.139. The summed E-state index contributed by atoms with van der Waals surface area (Å²) in [6, 6.07) is 0. The van der Waals surface area contributed by atoms with Crippen molar-refractivity contribution in [1.82, 2.24) is 0 Å². The molecule has 0 radical (unpaired) electrons. The van der Waals surface area contributed by atoms with Crippen molar-refractivity contribution in [3.05, 3.63) is 12.7 Å². The fraction of sp³-hybridized carbons (Fsp3) is 0.444. The van der Waals surface area contributed by atoms with Crippen molar-refractivity contribution >= 4 is 18.5 Å². The summed E-state index contributed by atoms with van der Waals surface area (Å²) in [5.41, 5.74) is 0. The summed E-state index contributed by atoms with van der Waals surface area (Å²) in [6.45, 7) is 3.48. The maximum atomic E-state index is 10.4. The van der Waals surface area contributed by atoms with Gasteiger partial charge in [-0.15, -0.1) is 6.58 Å². The van der Waals surface area contributed by atoms with Gasteiger partial charge in [0, 0.05) is 18.1 Å². The van der Waals surface area contributed by atoms with E-state index < -0.39 is 11.9 Å². The largest absolute Gasteiger partial charge is 0.481 e. The van der Waals surface area contributed by atoms with Crippen LogP contribution in [0.1, 0.15) is 12.8 Å². The summed E-state index contributed by atoms with van der Waals surface area (Å²) in [6.07, 6.45) is 3.48. The van der Waals surface area contributed by atoms with Crippen LogP contribution in [0.15, 0.2) is 12.7 Å². The number of hydrogen-bond acceptors (Lipinski definition) is 3. The van der Waals surface area contributed by atoms with E-state index in [2.05, 4.69) is 6.58 Å². The Balaban J connectivity index is 4.09. The molecule has 0 heterocycles. The Bertz CT molecular complexity index is 205. The highest BCUT2D eigenvalue weighted by molar-refractivity contribution is 5.72. The molecule has 0 saturated carbocycles. The Kier molecular flexibility index (Phi) is 5.43. The number of aliphatic carboxylic acids is 1. The van der Waals surface area contributed by atoms with Crippen molar-refractivity contribution < 1.29 is 14.7 Å². The average Bonchev–Trinajstić information content (AvgIpc) is 2.11. The van der Waals surface area contributed by atoms with Gasteiger partial charge in [-0.2, -0.15) is 0 Å². The van der Waals surface area contributed by atoms with Crippen LogP contribution in [0.2, 0.25) is 0 Å². The zero-order valence-corrected chi connectivity index (χ0v) is 7.27. The Morgan fingerprint density at radius 1 is 1.62 bits per heavy atom. The van der Waals surface area contributed by atoms with E-state index in [9.17, 15) is 9.59 Å². The van der Waals surface area contributed by atoms with Crippen LogP contribution in [0, 0.1) is 17.2 Å². The maximum Gasteiger partial charge on any atom is 0.304 e. The minimum atomic E-state index is -0.995. The monoisotopic (exact) mass is 183 g/mol. The number of allylic oxidation sites excluding steroid dienone is 1. The minimum Gasteiger partial charge on any atom is -0.481 e. The van der Waals surface area contributed by atoms with Crippen LogP contribution in [0.4, 0.5) is 0 Å². The first-order chi connectivity index (χ1) is 6.13. The van der Waals surface area contributed by atoms with Gasteiger partial charge in [0.15, 0.2) is 0 Å². The number of carboxylic acids is 1. The molecule has 0 aliphatic rings. The van der Waals surface area contributed by atoms with Gasteiger partial charge in [-0.25, -0.2) is 0 Å². The molecule has 0 aromatic rings. The summed E-state index contributed by atoms with van der Waals surface area (Å²) in [5, 5.41) is 15.4. The van der Waals surface area contributed by atoms with E-state index in [-0.39, 0.29) is 12.3 Å². The molecule has 0 bridgehead atoms. The van der Waals surface area contributed by atoms with E-state index in [1.165, 1.54) is 6.08 Å². The first kappa shape index (κ1) is 11.6.